The quantitative estimate of drug-likeness (QED) is 0.898. The van der Waals surface area contributed by atoms with E-state index in [-0.39, 0.29) is 0 Å². The Kier molecular flexibility index (Phi) is 4.13. The number of nitrogens with zero attached hydrogens (tertiary/aromatic N) is 2. The SMILES string of the molecule is CCN1c2cccc(OC)c2CC1CN1CCNCC1. The third kappa shape index (κ3) is 2.50. The van der Waals surface area contributed by atoms with Crippen molar-refractivity contribution >= 4 is 5.69 Å². The van der Waals surface area contributed by atoms with Gasteiger partial charge < -0.3 is 15.0 Å². The Morgan fingerprint density at radius 1 is 1.30 bits per heavy atom. The van der Waals surface area contributed by atoms with Crippen molar-refractivity contribution in [3.05, 3.63) is 23.8 Å². The van der Waals surface area contributed by atoms with E-state index in [1.165, 1.54) is 24.3 Å². The molecule has 2 aliphatic heterocycles. The summed E-state index contributed by atoms with van der Waals surface area (Å²) in [5.74, 6) is 1.05. The molecule has 20 heavy (non-hydrogen) atoms. The van der Waals surface area contributed by atoms with Gasteiger partial charge in [0.05, 0.1) is 7.11 Å². The minimum absolute atomic E-state index is 0.587. The maximum atomic E-state index is 5.54. The van der Waals surface area contributed by atoms with Gasteiger partial charge in [0.1, 0.15) is 5.75 Å². The van der Waals surface area contributed by atoms with Gasteiger partial charge in [-0.15, -0.1) is 0 Å². The maximum Gasteiger partial charge on any atom is 0.124 e. The van der Waals surface area contributed by atoms with Crippen molar-refractivity contribution in [2.24, 2.45) is 0 Å². The summed E-state index contributed by atoms with van der Waals surface area (Å²) in [6.07, 6.45) is 1.11. The molecule has 110 valence electrons. The molecule has 4 nitrogen and oxygen atoms in total. The highest BCUT2D eigenvalue weighted by atomic mass is 16.5. The van der Waals surface area contributed by atoms with Gasteiger partial charge in [-0.3, -0.25) is 4.90 Å². The standard InChI is InChI=1S/C16H25N3O/c1-3-19-13(12-18-9-7-17-8-10-18)11-14-15(19)5-4-6-16(14)20-2/h4-6,13,17H,3,7-12H2,1-2H3. The largest absolute Gasteiger partial charge is 0.496 e. The van der Waals surface area contributed by atoms with Crippen LogP contribution in [0.15, 0.2) is 18.2 Å². The molecule has 0 radical (unpaired) electrons. The molecule has 1 fully saturated rings. The van der Waals surface area contributed by atoms with Gasteiger partial charge in [0.2, 0.25) is 0 Å². The molecule has 1 unspecified atom stereocenters. The number of likely N-dealkylation sites (N-methyl/N-ethyl adjacent to an activating group) is 1. The molecular weight excluding hydrogens is 250 g/mol. The van der Waals surface area contributed by atoms with Crippen molar-refractivity contribution < 1.29 is 4.74 Å². The summed E-state index contributed by atoms with van der Waals surface area (Å²) in [6, 6.07) is 7.01. The first kappa shape index (κ1) is 13.7. The number of rotatable bonds is 4. The van der Waals surface area contributed by atoms with Crippen LogP contribution < -0.4 is 15.0 Å². The molecule has 3 rings (SSSR count). The van der Waals surface area contributed by atoms with Crippen LogP contribution in [0.1, 0.15) is 12.5 Å². The van der Waals surface area contributed by atoms with Crippen LogP contribution in [0.3, 0.4) is 0 Å². The molecule has 0 aliphatic carbocycles. The zero-order valence-electron chi connectivity index (χ0n) is 12.6. The number of fused-ring (bicyclic) bond motifs is 1. The van der Waals surface area contributed by atoms with Gasteiger partial charge in [0, 0.05) is 56.6 Å². The normalized spacial score (nSPS) is 22.9. The third-order valence-electron chi connectivity index (χ3n) is 4.54. The lowest BCUT2D eigenvalue weighted by molar-refractivity contribution is 0.226. The summed E-state index contributed by atoms with van der Waals surface area (Å²) in [4.78, 5) is 5.13. The van der Waals surface area contributed by atoms with Crippen molar-refractivity contribution in [2.45, 2.75) is 19.4 Å². The second kappa shape index (κ2) is 6.02. The zero-order valence-corrected chi connectivity index (χ0v) is 12.6. The van der Waals surface area contributed by atoms with Gasteiger partial charge in [-0.1, -0.05) is 6.07 Å². The number of hydrogen-bond donors (Lipinski definition) is 1. The van der Waals surface area contributed by atoms with E-state index in [4.69, 9.17) is 4.74 Å². The number of benzene rings is 1. The molecular formula is C16H25N3O. The summed E-state index contributed by atoms with van der Waals surface area (Å²) < 4.78 is 5.54. The Morgan fingerprint density at radius 3 is 2.80 bits per heavy atom. The van der Waals surface area contributed by atoms with Crippen LogP contribution >= 0.6 is 0 Å². The van der Waals surface area contributed by atoms with Gasteiger partial charge in [-0.25, -0.2) is 0 Å². The van der Waals surface area contributed by atoms with E-state index in [1.54, 1.807) is 7.11 Å². The van der Waals surface area contributed by atoms with E-state index in [2.05, 4.69) is 40.2 Å². The fraction of sp³-hybridized carbons (Fsp3) is 0.625. The number of ether oxygens (including phenoxy) is 1. The topological polar surface area (TPSA) is 27.7 Å². The van der Waals surface area contributed by atoms with E-state index in [0.717, 1.165) is 38.3 Å². The first-order chi connectivity index (χ1) is 9.83. The monoisotopic (exact) mass is 275 g/mol. The van der Waals surface area contributed by atoms with E-state index in [9.17, 15) is 0 Å². The smallest absolute Gasteiger partial charge is 0.124 e. The van der Waals surface area contributed by atoms with Gasteiger partial charge in [0.15, 0.2) is 0 Å². The average Bonchev–Trinajstić information content (AvgIpc) is 2.85. The minimum Gasteiger partial charge on any atom is -0.496 e. The second-order valence-corrected chi connectivity index (χ2v) is 5.65. The maximum absolute atomic E-state index is 5.54. The minimum atomic E-state index is 0.587. The van der Waals surface area contributed by atoms with Crippen LogP contribution in [0.4, 0.5) is 5.69 Å². The Bertz CT molecular complexity index is 457. The van der Waals surface area contributed by atoms with E-state index in [1.807, 2.05) is 0 Å². The van der Waals surface area contributed by atoms with E-state index < -0.39 is 0 Å². The molecule has 0 aromatic heterocycles. The molecule has 1 saturated heterocycles. The lowest BCUT2D eigenvalue weighted by Gasteiger charge is -2.34. The molecule has 1 N–H and O–H groups in total. The number of nitrogens with one attached hydrogen (secondary N) is 1. The Labute approximate surface area is 121 Å². The van der Waals surface area contributed by atoms with Crippen LogP contribution in [0, 0.1) is 0 Å². The summed E-state index contributed by atoms with van der Waals surface area (Å²) in [6.45, 7) is 9.05. The molecule has 0 spiro atoms. The molecule has 1 atom stereocenters. The van der Waals surface area contributed by atoms with Crippen molar-refractivity contribution in [1.29, 1.82) is 0 Å². The first-order valence-electron chi connectivity index (χ1n) is 7.69. The Balaban J connectivity index is 1.77. The lowest BCUT2D eigenvalue weighted by atomic mass is 10.1. The molecule has 1 aromatic carbocycles. The van der Waals surface area contributed by atoms with Gasteiger partial charge in [-0.05, 0) is 25.5 Å². The molecule has 4 heteroatoms. The number of methoxy groups -OCH3 is 1. The van der Waals surface area contributed by atoms with Gasteiger partial charge in [-0.2, -0.15) is 0 Å². The van der Waals surface area contributed by atoms with Crippen LogP contribution in [0.25, 0.3) is 0 Å². The number of anilines is 1. The Hall–Kier alpha value is -1.26. The highest BCUT2D eigenvalue weighted by Crippen LogP contribution is 2.38. The van der Waals surface area contributed by atoms with Crippen LogP contribution in [-0.4, -0.2) is 57.3 Å². The molecule has 2 heterocycles. The molecule has 2 aliphatic rings. The summed E-state index contributed by atoms with van der Waals surface area (Å²) >= 11 is 0. The Morgan fingerprint density at radius 2 is 2.10 bits per heavy atom. The van der Waals surface area contributed by atoms with Crippen LogP contribution in [-0.2, 0) is 6.42 Å². The summed E-state index contributed by atoms with van der Waals surface area (Å²) in [5.41, 5.74) is 2.75. The first-order valence-corrected chi connectivity index (χ1v) is 7.69. The van der Waals surface area contributed by atoms with E-state index >= 15 is 0 Å². The lowest BCUT2D eigenvalue weighted by Crippen LogP contribution is -2.49. The van der Waals surface area contributed by atoms with Gasteiger partial charge in [0.25, 0.3) is 0 Å². The second-order valence-electron chi connectivity index (χ2n) is 5.65. The fourth-order valence-corrected chi connectivity index (χ4v) is 3.55. The highest BCUT2D eigenvalue weighted by Gasteiger charge is 2.31. The van der Waals surface area contributed by atoms with Crippen LogP contribution in [0.2, 0.25) is 0 Å². The van der Waals surface area contributed by atoms with Crippen molar-refractivity contribution in [2.75, 3.05) is 51.3 Å². The summed E-state index contributed by atoms with van der Waals surface area (Å²) in [7, 11) is 1.77. The predicted molar refractivity (Wildman–Crippen MR) is 82.8 cm³/mol. The van der Waals surface area contributed by atoms with Crippen molar-refractivity contribution in [3.63, 3.8) is 0 Å². The average molecular weight is 275 g/mol. The zero-order chi connectivity index (χ0) is 13.9. The highest BCUT2D eigenvalue weighted by molar-refractivity contribution is 5.64. The molecule has 0 bridgehead atoms. The third-order valence-corrected chi connectivity index (χ3v) is 4.54. The van der Waals surface area contributed by atoms with E-state index in [0.29, 0.717) is 6.04 Å². The summed E-state index contributed by atoms with van der Waals surface area (Å²) in [5, 5.41) is 3.42. The predicted octanol–water partition coefficient (Wildman–Crippen LogP) is 1.35. The molecule has 0 amide bonds. The van der Waals surface area contributed by atoms with Crippen molar-refractivity contribution in [1.82, 2.24) is 10.2 Å². The molecule has 1 aromatic rings. The van der Waals surface area contributed by atoms with Crippen molar-refractivity contribution in [3.8, 4) is 5.75 Å². The van der Waals surface area contributed by atoms with Gasteiger partial charge >= 0.3 is 0 Å². The number of piperazine rings is 1. The van der Waals surface area contributed by atoms with Crippen LogP contribution in [0.5, 0.6) is 5.75 Å². The number of hydrogen-bond acceptors (Lipinski definition) is 4. The molecule has 0 saturated carbocycles. The fourth-order valence-electron chi connectivity index (χ4n) is 3.55.